The number of aryl methyl sites for hydroxylation is 1. The highest BCUT2D eigenvalue weighted by Gasteiger charge is 2.52. The Morgan fingerprint density at radius 3 is 1.87 bits per heavy atom. The van der Waals surface area contributed by atoms with Gasteiger partial charge in [-0.1, -0.05) is 82.2 Å². The van der Waals surface area contributed by atoms with E-state index in [1.165, 1.54) is 68.6 Å². The molecule has 6 heterocycles. The number of ether oxygens (including phenoxy) is 3. The highest BCUT2D eigenvalue weighted by atomic mass is 33.1. The van der Waals surface area contributed by atoms with Crippen LogP contribution in [0.4, 0.5) is 4.79 Å². The number of fused-ring (bicyclic) bond motifs is 5. The van der Waals surface area contributed by atoms with Crippen LogP contribution in [0.25, 0.3) is 22.3 Å². The second-order valence-corrected chi connectivity index (χ2v) is 33.2. The third-order valence-corrected chi connectivity index (χ3v) is 23.2. The number of amides is 8. The number of carboxylic acid groups (broad SMARTS) is 1. The Bertz CT molecular complexity index is 4270. The number of rotatable bonds is 35. The highest BCUT2D eigenvalue weighted by Crippen LogP contribution is 2.44. The molecule has 604 valence electrons. The van der Waals surface area contributed by atoms with Gasteiger partial charge < -0.3 is 97.9 Å². The topological polar surface area (TPSA) is 513 Å². The number of phenols is 2. The number of guanidine groups is 2. The summed E-state index contributed by atoms with van der Waals surface area (Å²) in [6.45, 7) is 16.8. The predicted molar refractivity (Wildman–Crippen MR) is 413 cm³/mol. The summed E-state index contributed by atoms with van der Waals surface area (Å²) < 4.78 is 17.4. The van der Waals surface area contributed by atoms with Gasteiger partial charge in [0.1, 0.15) is 73.0 Å². The molecule has 0 aliphatic carbocycles. The van der Waals surface area contributed by atoms with Crippen molar-refractivity contribution in [2.45, 2.75) is 218 Å². The predicted octanol–water partition coefficient (Wildman–Crippen LogP) is 3.23. The molecular weight excluding hydrogens is 1480 g/mol. The van der Waals surface area contributed by atoms with Crippen LogP contribution in [-0.2, 0) is 93.8 Å². The van der Waals surface area contributed by atoms with Crippen LogP contribution in [0, 0.1) is 22.2 Å². The Hall–Kier alpha value is -10.4. The molecule has 0 spiro atoms. The van der Waals surface area contributed by atoms with E-state index in [9.17, 15) is 72.9 Å². The molecule has 8 amide bonds. The molecule has 4 aliphatic heterocycles. The smallest absolute Gasteiger partial charge is 0.508 e. The van der Waals surface area contributed by atoms with Crippen molar-refractivity contribution in [1.29, 1.82) is 10.8 Å². The van der Waals surface area contributed by atoms with Crippen molar-refractivity contribution in [2.24, 2.45) is 22.8 Å². The lowest BCUT2D eigenvalue weighted by molar-refractivity contribution is -0.175. The number of aliphatic carboxylic acids is 1. The Balaban J connectivity index is 0.903. The number of cyclic esters (lactones) is 1. The maximum atomic E-state index is 15.0. The zero-order valence-corrected chi connectivity index (χ0v) is 65.8. The quantitative estimate of drug-likeness (QED) is 0.00910. The van der Waals surface area contributed by atoms with Crippen molar-refractivity contribution < 1.29 is 82.3 Å². The van der Waals surface area contributed by atoms with E-state index >= 15 is 0 Å². The fourth-order valence-electron chi connectivity index (χ4n) is 14.3. The molecule has 4 aliphatic rings. The van der Waals surface area contributed by atoms with Crippen molar-refractivity contribution >= 4 is 110 Å². The van der Waals surface area contributed by atoms with Gasteiger partial charge in [0, 0.05) is 66.5 Å². The fourth-order valence-corrected chi connectivity index (χ4v) is 16.8. The lowest BCUT2D eigenvalue weighted by Gasteiger charge is -2.37. The van der Waals surface area contributed by atoms with Gasteiger partial charge in [-0.2, -0.15) is 0 Å². The third kappa shape index (κ3) is 21.4. The molecule has 2 saturated heterocycles. The number of aromatic hydroxyl groups is 2. The van der Waals surface area contributed by atoms with Gasteiger partial charge in [-0.15, -0.1) is 0 Å². The summed E-state index contributed by atoms with van der Waals surface area (Å²) in [5.41, 5.74) is 11.4. The summed E-state index contributed by atoms with van der Waals surface area (Å²) in [7, 11) is 2.40. The number of nitrogens with one attached hydrogen (secondary N) is 10. The number of esters is 1. The SMILES string of the molecule is CCc1c2c(nc3ccc(O)cc13)-c1cc3c(c(=O)n1C2)COC(=O)[C@@]3(CC)OC(=O)OCCSSC(C)(C)[C@H](NC(C)=O)C(=O)N1CCC[C@H]1C(=O)N[C@@H](CC(C)C)C(=O)N1CCC[C@H]1C(=O)N[C@@H](CCCNC(=N)N)C(=O)N[C@H](C(=O)N[C@@H](CCCNC(=N)N)C(=O)N[C@@H](Cc1ccc(O)cc1)C(=O)O)C(C)(C)C. The normalized spacial score (nSPS) is 18.1. The monoisotopic (exact) mass is 1580 g/mol. The van der Waals surface area contributed by atoms with Crippen molar-refractivity contribution in [3.63, 3.8) is 0 Å². The molecule has 2 aromatic carbocycles. The Morgan fingerprint density at radius 1 is 0.730 bits per heavy atom. The molecule has 9 atom stereocenters. The molecule has 111 heavy (non-hydrogen) atoms. The molecule has 0 bridgehead atoms. The largest absolute Gasteiger partial charge is 0.509 e. The van der Waals surface area contributed by atoms with Crippen LogP contribution in [0.1, 0.15) is 161 Å². The number of aromatic nitrogens is 2. The molecular formula is C75H104N16O18S2. The molecule has 0 saturated carbocycles. The maximum Gasteiger partial charge on any atom is 0.509 e. The minimum absolute atomic E-state index is 0.0573. The molecule has 17 N–H and O–H groups in total. The van der Waals surface area contributed by atoms with E-state index in [1.807, 2.05) is 20.8 Å². The number of carboxylic acids is 1. The molecule has 2 aromatic heterocycles. The van der Waals surface area contributed by atoms with Gasteiger partial charge in [0.2, 0.25) is 52.9 Å². The van der Waals surface area contributed by atoms with Crippen LogP contribution < -0.4 is 59.6 Å². The van der Waals surface area contributed by atoms with Gasteiger partial charge in [0.15, 0.2) is 11.9 Å². The van der Waals surface area contributed by atoms with Gasteiger partial charge in [-0.25, -0.2) is 19.4 Å². The van der Waals surface area contributed by atoms with E-state index in [0.717, 1.165) is 16.5 Å². The van der Waals surface area contributed by atoms with Crippen LogP contribution in [0.2, 0.25) is 0 Å². The van der Waals surface area contributed by atoms with E-state index in [-0.39, 0.29) is 150 Å². The lowest BCUT2D eigenvalue weighted by Crippen LogP contribution is -2.62. The van der Waals surface area contributed by atoms with E-state index in [1.54, 1.807) is 64.3 Å². The molecule has 0 radical (unpaired) electrons. The summed E-state index contributed by atoms with van der Waals surface area (Å²) in [5, 5.41) is 67.9. The van der Waals surface area contributed by atoms with Gasteiger partial charge >= 0.3 is 18.1 Å². The summed E-state index contributed by atoms with van der Waals surface area (Å²) in [4.78, 5) is 177. The molecule has 4 aromatic rings. The standard InChI is InChI=1S/C75H104N16O18S2/c1-11-44-45-35-43(94)25-26-49(45)83-57-46(44)37-91-56(57)36-48-47(65(91)100)38-108-69(105)75(48,12-2)109-72(106)107-31-32-110-111-74(9,10)59(82-40(5)92)67(102)90-30-16-20-55(90)63(98)86-52(33-39(3)4)66(101)89-29-15-19-54(89)62(97)84-51(18-14-28-81-71(78)79)61(96)88-58(73(6,7)8)64(99)85-50(17-13-27-80-70(76)77)60(95)87-53(68(103)104)34-41-21-23-42(93)24-22-41/h21-26,35-36,39,50-55,58-59,93-94H,11-20,27-34,37-38H2,1-10H3,(H,82,92)(H,84,97)(H,85,99)(H,86,98)(H,87,95)(H,88,96)(H,103,104)(H4,76,77,80)(H4,78,79,81)/t50-,51-,52-,53-,54-,55-,58+,59+,75-/m0/s1. The number of carbonyl (C=O) groups excluding carboxylic acids is 10. The minimum atomic E-state index is -2.06. The van der Waals surface area contributed by atoms with Gasteiger partial charge in [0.25, 0.3) is 5.56 Å². The summed E-state index contributed by atoms with van der Waals surface area (Å²) in [6, 6.07) is 1.85. The van der Waals surface area contributed by atoms with Crippen LogP contribution in [0.5, 0.6) is 11.5 Å². The maximum absolute atomic E-state index is 15.0. The van der Waals surface area contributed by atoms with E-state index in [2.05, 4.69) is 42.5 Å². The lowest BCUT2D eigenvalue weighted by atomic mass is 9.85. The van der Waals surface area contributed by atoms with E-state index < -0.39 is 135 Å². The Kier molecular flexibility index (Phi) is 29.2. The van der Waals surface area contributed by atoms with Crippen LogP contribution >= 0.6 is 21.6 Å². The first kappa shape index (κ1) is 86.2. The number of hydrogen-bond acceptors (Lipinski definition) is 22. The third-order valence-electron chi connectivity index (χ3n) is 20.0. The van der Waals surface area contributed by atoms with Crippen molar-refractivity contribution in [1.82, 2.24) is 61.9 Å². The van der Waals surface area contributed by atoms with Crippen LogP contribution in [-0.4, -0.2) is 204 Å². The Morgan fingerprint density at radius 2 is 1.31 bits per heavy atom. The minimum Gasteiger partial charge on any atom is -0.508 e. The van der Waals surface area contributed by atoms with Crippen molar-refractivity contribution in [2.75, 3.05) is 38.5 Å². The van der Waals surface area contributed by atoms with E-state index in [0.29, 0.717) is 41.7 Å². The molecule has 0 unspecified atom stereocenters. The van der Waals surface area contributed by atoms with Gasteiger partial charge in [-0.3, -0.25) is 54.0 Å². The molecule has 36 heteroatoms. The van der Waals surface area contributed by atoms with Crippen LogP contribution in [0.15, 0.2) is 53.3 Å². The summed E-state index contributed by atoms with van der Waals surface area (Å²) in [5.74, 6) is -8.73. The highest BCUT2D eigenvalue weighted by molar-refractivity contribution is 8.77. The zero-order valence-electron chi connectivity index (χ0n) is 64.2. The first-order chi connectivity index (χ1) is 52.4. The first-order valence-corrected chi connectivity index (χ1v) is 39.5. The fraction of sp³-hybridized carbons (Fsp3) is 0.560. The number of phenolic OH excluding ortho intramolecular Hbond substituents is 2. The number of benzene rings is 2. The summed E-state index contributed by atoms with van der Waals surface area (Å²) >= 11 is 0. The first-order valence-electron chi connectivity index (χ1n) is 37.2. The second-order valence-electron chi connectivity index (χ2n) is 30.1. The molecule has 8 rings (SSSR count). The van der Waals surface area contributed by atoms with Crippen molar-refractivity contribution in [3.05, 3.63) is 86.7 Å². The Labute approximate surface area is 650 Å². The summed E-state index contributed by atoms with van der Waals surface area (Å²) in [6.07, 6.45) is 0.382. The average Bonchev–Trinajstić information content (AvgIpc) is 1.61. The number of nitrogens with two attached hydrogens (primary N) is 2. The number of carbonyl (C=O) groups is 11. The number of pyridine rings is 2. The van der Waals surface area contributed by atoms with Crippen molar-refractivity contribution in [3.8, 4) is 22.9 Å². The van der Waals surface area contributed by atoms with Crippen LogP contribution in [0.3, 0.4) is 0 Å². The molecule has 34 nitrogen and oxygen atoms in total. The number of hydrogen-bond donors (Lipinski definition) is 15. The second kappa shape index (κ2) is 37.5. The molecule has 2 fully saturated rings. The van der Waals surface area contributed by atoms with Gasteiger partial charge in [0.05, 0.1) is 29.0 Å². The van der Waals surface area contributed by atoms with Gasteiger partial charge in [-0.05, 0) is 143 Å². The number of likely N-dealkylation sites (tertiary alicyclic amines) is 2. The zero-order chi connectivity index (χ0) is 81.6. The van der Waals surface area contributed by atoms with E-state index in [4.69, 9.17) is 41.5 Å². The average molecular weight is 1580 g/mol. The number of nitrogens with zero attached hydrogens (tertiary/aromatic N) is 4.